The van der Waals surface area contributed by atoms with Crippen LogP contribution in [0, 0.1) is 0 Å². The molecule has 0 aliphatic carbocycles. The van der Waals surface area contributed by atoms with Gasteiger partial charge >= 0.3 is 5.97 Å². The summed E-state index contributed by atoms with van der Waals surface area (Å²) in [6.07, 6.45) is -0.605. The Morgan fingerprint density at radius 1 is 1.33 bits per heavy atom. The number of carboxylic acids is 1. The number of ether oxygens (including phenoxy) is 1. The SMILES string of the molecule is O=C(O)C1CN(C(=O)Cc2ccccc2)CCO1. The second-order valence-corrected chi connectivity index (χ2v) is 4.20. The Balaban J connectivity index is 1.95. The highest BCUT2D eigenvalue weighted by atomic mass is 16.5. The number of nitrogens with zero attached hydrogens (tertiary/aromatic N) is 1. The van der Waals surface area contributed by atoms with Crippen LogP contribution < -0.4 is 0 Å². The normalized spacial score (nSPS) is 19.6. The zero-order valence-corrected chi connectivity index (χ0v) is 9.91. The van der Waals surface area contributed by atoms with Crippen LogP contribution in [0.3, 0.4) is 0 Å². The van der Waals surface area contributed by atoms with Crippen LogP contribution in [0.2, 0.25) is 0 Å². The van der Waals surface area contributed by atoms with E-state index in [-0.39, 0.29) is 19.1 Å². The van der Waals surface area contributed by atoms with E-state index in [1.807, 2.05) is 30.3 Å². The van der Waals surface area contributed by atoms with Gasteiger partial charge in [-0.15, -0.1) is 0 Å². The molecule has 5 nitrogen and oxygen atoms in total. The second kappa shape index (κ2) is 5.64. The van der Waals surface area contributed by atoms with Gasteiger partial charge in [0.15, 0.2) is 6.10 Å². The van der Waals surface area contributed by atoms with Crippen LogP contribution in [0.5, 0.6) is 0 Å². The molecule has 0 bridgehead atoms. The highest BCUT2D eigenvalue weighted by Crippen LogP contribution is 2.09. The predicted molar refractivity (Wildman–Crippen MR) is 64.1 cm³/mol. The summed E-state index contributed by atoms with van der Waals surface area (Å²) < 4.78 is 5.08. The molecule has 0 aromatic heterocycles. The average Bonchev–Trinajstić information content (AvgIpc) is 2.40. The molecule has 5 heteroatoms. The van der Waals surface area contributed by atoms with E-state index < -0.39 is 12.1 Å². The Bertz CT molecular complexity index is 432. The molecule has 1 aliphatic rings. The molecular weight excluding hydrogens is 234 g/mol. The van der Waals surface area contributed by atoms with Crippen LogP contribution in [0.1, 0.15) is 5.56 Å². The highest BCUT2D eigenvalue weighted by Gasteiger charge is 2.28. The first-order valence-electron chi connectivity index (χ1n) is 5.83. The molecule has 1 amide bonds. The maximum Gasteiger partial charge on any atom is 0.334 e. The van der Waals surface area contributed by atoms with Gasteiger partial charge in [-0.25, -0.2) is 4.79 Å². The maximum absolute atomic E-state index is 12.0. The second-order valence-electron chi connectivity index (χ2n) is 4.20. The van der Waals surface area contributed by atoms with Gasteiger partial charge in [-0.2, -0.15) is 0 Å². The lowest BCUT2D eigenvalue weighted by molar-refractivity contribution is -0.159. The highest BCUT2D eigenvalue weighted by molar-refractivity contribution is 5.80. The monoisotopic (exact) mass is 249 g/mol. The molecule has 1 saturated heterocycles. The van der Waals surface area contributed by atoms with E-state index in [4.69, 9.17) is 9.84 Å². The van der Waals surface area contributed by atoms with Crippen molar-refractivity contribution in [1.29, 1.82) is 0 Å². The van der Waals surface area contributed by atoms with E-state index in [9.17, 15) is 9.59 Å². The number of morpholine rings is 1. The van der Waals surface area contributed by atoms with Crippen molar-refractivity contribution in [2.75, 3.05) is 19.7 Å². The van der Waals surface area contributed by atoms with E-state index >= 15 is 0 Å². The van der Waals surface area contributed by atoms with Crippen LogP contribution in [-0.4, -0.2) is 47.7 Å². The van der Waals surface area contributed by atoms with Crippen molar-refractivity contribution in [3.8, 4) is 0 Å². The zero-order chi connectivity index (χ0) is 13.0. The number of benzene rings is 1. The third-order valence-corrected chi connectivity index (χ3v) is 2.89. The smallest absolute Gasteiger partial charge is 0.334 e. The van der Waals surface area contributed by atoms with Gasteiger partial charge in [0.2, 0.25) is 5.91 Å². The third kappa shape index (κ3) is 3.07. The summed E-state index contributed by atoms with van der Waals surface area (Å²) in [4.78, 5) is 24.4. The lowest BCUT2D eigenvalue weighted by atomic mass is 10.1. The van der Waals surface area contributed by atoms with E-state index in [1.54, 1.807) is 4.90 Å². The van der Waals surface area contributed by atoms with Crippen molar-refractivity contribution in [3.63, 3.8) is 0 Å². The summed E-state index contributed by atoms with van der Waals surface area (Å²) in [7, 11) is 0. The molecule has 0 spiro atoms. The first kappa shape index (κ1) is 12.6. The van der Waals surface area contributed by atoms with E-state index in [2.05, 4.69) is 0 Å². The Morgan fingerprint density at radius 2 is 2.06 bits per heavy atom. The van der Waals surface area contributed by atoms with Gasteiger partial charge in [0.1, 0.15) is 0 Å². The fourth-order valence-electron chi connectivity index (χ4n) is 1.91. The summed E-state index contributed by atoms with van der Waals surface area (Å²) in [5.74, 6) is -1.08. The molecule has 0 radical (unpaired) electrons. The number of amides is 1. The maximum atomic E-state index is 12.0. The summed E-state index contributed by atoms with van der Waals surface area (Å²) in [5, 5.41) is 8.86. The largest absolute Gasteiger partial charge is 0.479 e. The quantitative estimate of drug-likeness (QED) is 0.849. The van der Waals surface area contributed by atoms with E-state index in [1.165, 1.54) is 0 Å². The van der Waals surface area contributed by atoms with Crippen molar-refractivity contribution in [2.24, 2.45) is 0 Å². The Labute approximate surface area is 105 Å². The van der Waals surface area contributed by atoms with Crippen LogP contribution >= 0.6 is 0 Å². The van der Waals surface area contributed by atoms with Gasteiger partial charge in [0.25, 0.3) is 0 Å². The number of hydrogen-bond acceptors (Lipinski definition) is 3. The first-order chi connectivity index (χ1) is 8.66. The molecular formula is C13H15NO4. The molecule has 1 N–H and O–H groups in total. The molecule has 1 atom stereocenters. The van der Waals surface area contributed by atoms with E-state index in [0.29, 0.717) is 13.0 Å². The number of hydrogen-bond donors (Lipinski definition) is 1. The third-order valence-electron chi connectivity index (χ3n) is 2.89. The summed E-state index contributed by atoms with van der Waals surface area (Å²) in [6.45, 7) is 0.855. The Hall–Kier alpha value is -1.88. The molecule has 0 saturated carbocycles. The van der Waals surface area contributed by atoms with Crippen LogP contribution in [0.25, 0.3) is 0 Å². The molecule has 1 fully saturated rings. The van der Waals surface area contributed by atoms with Crippen molar-refractivity contribution in [2.45, 2.75) is 12.5 Å². The standard InChI is InChI=1S/C13H15NO4/c15-12(8-10-4-2-1-3-5-10)14-6-7-18-11(9-14)13(16)17/h1-5,11H,6-9H2,(H,16,17). The lowest BCUT2D eigenvalue weighted by Crippen LogP contribution is -2.49. The average molecular weight is 249 g/mol. The summed E-state index contributed by atoms with van der Waals surface area (Å²) in [6, 6.07) is 9.41. The fourth-order valence-corrected chi connectivity index (χ4v) is 1.91. The van der Waals surface area contributed by atoms with Crippen molar-refractivity contribution >= 4 is 11.9 Å². The van der Waals surface area contributed by atoms with Crippen LogP contribution in [-0.2, 0) is 20.7 Å². The predicted octanol–water partition coefficient (Wildman–Crippen LogP) is 0.541. The van der Waals surface area contributed by atoms with Gasteiger partial charge in [0, 0.05) is 6.54 Å². The number of carboxylic acid groups (broad SMARTS) is 1. The fraction of sp³-hybridized carbons (Fsp3) is 0.385. The van der Waals surface area contributed by atoms with Gasteiger partial charge in [-0.3, -0.25) is 4.79 Å². The van der Waals surface area contributed by atoms with Gasteiger partial charge in [-0.05, 0) is 5.56 Å². The van der Waals surface area contributed by atoms with Crippen LogP contribution in [0.15, 0.2) is 30.3 Å². The van der Waals surface area contributed by atoms with Crippen LogP contribution in [0.4, 0.5) is 0 Å². The Morgan fingerprint density at radius 3 is 2.72 bits per heavy atom. The van der Waals surface area contributed by atoms with Gasteiger partial charge in [-0.1, -0.05) is 30.3 Å². The van der Waals surface area contributed by atoms with Crippen molar-refractivity contribution in [3.05, 3.63) is 35.9 Å². The zero-order valence-electron chi connectivity index (χ0n) is 9.91. The topological polar surface area (TPSA) is 66.8 Å². The molecule has 1 aliphatic heterocycles. The first-order valence-corrected chi connectivity index (χ1v) is 5.83. The number of carbonyl (C=O) groups excluding carboxylic acids is 1. The minimum absolute atomic E-state index is 0.0595. The molecule has 1 aromatic rings. The minimum Gasteiger partial charge on any atom is -0.479 e. The lowest BCUT2D eigenvalue weighted by Gasteiger charge is -2.30. The summed E-state index contributed by atoms with van der Waals surface area (Å²) in [5.41, 5.74) is 0.931. The molecule has 96 valence electrons. The molecule has 2 rings (SSSR count). The summed E-state index contributed by atoms with van der Waals surface area (Å²) >= 11 is 0. The van der Waals surface area contributed by atoms with Gasteiger partial charge in [0.05, 0.1) is 19.6 Å². The molecule has 1 unspecified atom stereocenters. The van der Waals surface area contributed by atoms with Crippen molar-refractivity contribution in [1.82, 2.24) is 4.90 Å². The molecule has 1 aromatic carbocycles. The minimum atomic E-state index is -1.02. The number of rotatable bonds is 3. The number of aliphatic carboxylic acids is 1. The van der Waals surface area contributed by atoms with Gasteiger partial charge < -0.3 is 14.7 Å². The number of carbonyl (C=O) groups is 2. The Kier molecular flexibility index (Phi) is 3.94. The molecule has 1 heterocycles. The van der Waals surface area contributed by atoms with E-state index in [0.717, 1.165) is 5.56 Å². The van der Waals surface area contributed by atoms with Crippen molar-refractivity contribution < 1.29 is 19.4 Å². The molecule has 18 heavy (non-hydrogen) atoms.